The summed E-state index contributed by atoms with van der Waals surface area (Å²) in [6.07, 6.45) is 1.24. The van der Waals surface area contributed by atoms with E-state index in [0.29, 0.717) is 12.1 Å². The molecule has 0 radical (unpaired) electrons. The second-order valence-electron chi connectivity index (χ2n) is 4.07. The third-order valence-electron chi connectivity index (χ3n) is 2.83. The van der Waals surface area contributed by atoms with Crippen molar-refractivity contribution in [2.45, 2.75) is 13.5 Å². The van der Waals surface area contributed by atoms with Crippen LogP contribution in [0.25, 0.3) is 0 Å². The van der Waals surface area contributed by atoms with Crippen LogP contribution in [0.5, 0.6) is 0 Å². The van der Waals surface area contributed by atoms with E-state index in [1.165, 1.54) is 23.4 Å². The topological polar surface area (TPSA) is 85.7 Å². The largest absolute Gasteiger partial charge is 0.332 e. The van der Waals surface area contributed by atoms with E-state index < -0.39 is 5.82 Å². The first-order chi connectivity index (χ1) is 9.65. The van der Waals surface area contributed by atoms with Crippen molar-refractivity contribution < 1.29 is 9.18 Å². The fraction of sp³-hybridized carbons (Fsp3) is 0.231. The lowest BCUT2D eigenvalue weighted by Crippen LogP contribution is -2.31. The second-order valence-corrected chi connectivity index (χ2v) is 4.07. The predicted molar refractivity (Wildman–Crippen MR) is 67.9 cm³/mol. The fourth-order valence-electron chi connectivity index (χ4n) is 1.74. The zero-order valence-electron chi connectivity index (χ0n) is 10.8. The summed E-state index contributed by atoms with van der Waals surface area (Å²) in [6.45, 7) is 2.29. The zero-order valence-corrected chi connectivity index (χ0v) is 10.8. The van der Waals surface area contributed by atoms with E-state index in [1.807, 2.05) is 6.07 Å². The van der Waals surface area contributed by atoms with Crippen LogP contribution in [0.3, 0.4) is 0 Å². The van der Waals surface area contributed by atoms with Gasteiger partial charge in [-0.1, -0.05) is 6.07 Å². The average Bonchev–Trinajstić information content (AvgIpc) is 2.99. The number of rotatable bonds is 4. The van der Waals surface area contributed by atoms with Crippen LogP contribution in [-0.2, 0) is 6.54 Å². The molecule has 0 spiro atoms. The number of amides is 1. The van der Waals surface area contributed by atoms with Crippen molar-refractivity contribution in [3.8, 4) is 6.07 Å². The molecule has 0 fully saturated rings. The Morgan fingerprint density at radius 2 is 2.35 bits per heavy atom. The van der Waals surface area contributed by atoms with Gasteiger partial charge >= 0.3 is 0 Å². The summed E-state index contributed by atoms with van der Waals surface area (Å²) in [5.41, 5.74) is 0.592. The number of hydrogen-bond acceptors (Lipinski definition) is 4. The Hall–Kier alpha value is -2.75. The van der Waals surface area contributed by atoms with E-state index in [2.05, 4.69) is 15.2 Å². The maximum Gasteiger partial charge on any atom is 0.291 e. The zero-order chi connectivity index (χ0) is 14.5. The first-order valence-electron chi connectivity index (χ1n) is 5.99. The molecule has 102 valence electrons. The molecule has 0 aliphatic carbocycles. The van der Waals surface area contributed by atoms with E-state index in [9.17, 15) is 9.18 Å². The first-order valence-corrected chi connectivity index (χ1v) is 5.99. The highest BCUT2D eigenvalue weighted by Crippen LogP contribution is 2.13. The summed E-state index contributed by atoms with van der Waals surface area (Å²) < 4.78 is 13.8. The Kier molecular flexibility index (Phi) is 4.05. The monoisotopic (exact) mass is 273 g/mol. The summed E-state index contributed by atoms with van der Waals surface area (Å²) in [7, 11) is 0. The molecule has 20 heavy (non-hydrogen) atoms. The highest BCUT2D eigenvalue weighted by atomic mass is 19.1. The Morgan fingerprint density at radius 3 is 2.90 bits per heavy atom. The molecule has 7 heteroatoms. The molecule has 2 rings (SSSR count). The summed E-state index contributed by atoms with van der Waals surface area (Å²) in [4.78, 5) is 17.3. The van der Waals surface area contributed by atoms with Gasteiger partial charge in [0.25, 0.3) is 5.91 Å². The molecular weight excluding hydrogens is 261 g/mol. The quantitative estimate of drug-likeness (QED) is 0.914. The molecule has 0 bridgehead atoms. The number of nitriles is 1. The highest BCUT2D eigenvalue weighted by molar-refractivity contribution is 5.90. The van der Waals surface area contributed by atoms with Crippen molar-refractivity contribution >= 4 is 5.91 Å². The van der Waals surface area contributed by atoms with Crippen LogP contribution < -0.4 is 0 Å². The van der Waals surface area contributed by atoms with Gasteiger partial charge in [0.1, 0.15) is 12.1 Å². The molecule has 0 saturated carbocycles. The third-order valence-corrected chi connectivity index (χ3v) is 2.83. The molecule has 6 nitrogen and oxygen atoms in total. The van der Waals surface area contributed by atoms with Crippen LogP contribution in [-0.4, -0.2) is 32.5 Å². The lowest BCUT2D eigenvalue weighted by atomic mass is 10.1. The number of benzene rings is 1. The minimum Gasteiger partial charge on any atom is -0.332 e. The minimum absolute atomic E-state index is 0.105. The number of H-pyrrole nitrogens is 1. The normalized spacial score (nSPS) is 10.1. The second kappa shape index (κ2) is 5.93. The van der Waals surface area contributed by atoms with Gasteiger partial charge in [-0.2, -0.15) is 10.4 Å². The molecule has 0 atom stereocenters. The smallest absolute Gasteiger partial charge is 0.291 e. The Balaban J connectivity index is 2.19. The van der Waals surface area contributed by atoms with Gasteiger partial charge in [0.05, 0.1) is 11.6 Å². The molecular formula is C13H12FN5O. The molecule has 1 N–H and O–H groups in total. The number of carbonyl (C=O) groups is 1. The van der Waals surface area contributed by atoms with Gasteiger partial charge < -0.3 is 4.90 Å². The number of nitrogens with zero attached hydrogens (tertiary/aromatic N) is 4. The number of aromatic amines is 1. The van der Waals surface area contributed by atoms with E-state index in [-0.39, 0.29) is 23.8 Å². The summed E-state index contributed by atoms with van der Waals surface area (Å²) in [5.74, 6) is -0.748. The summed E-state index contributed by atoms with van der Waals surface area (Å²) in [5, 5.41) is 14.8. The third kappa shape index (κ3) is 2.80. The number of nitrogens with one attached hydrogen (secondary N) is 1. The summed E-state index contributed by atoms with van der Waals surface area (Å²) in [6, 6.07) is 6.04. The predicted octanol–water partition coefficient (Wildman–Crippen LogP) is 1.48. The molecule has 0 unspecified atom stereocenters. The van der Waals surface area contributed by atoms with E-state index in [1.54, 1.807) is 6.92 Å². The van der Waals surface area contributed by atoms with Crippen LogP contribution in [0, 0.1) is 17.1 Å². The molecule has 0 saturated heterocycles. The van der Waals surface area contributed by atoms with Gasteiger partial charge in [-0.05, 0) is 19.1 Å². The molecule has 1 heterocycles. The Morgan fingerprint density at radius 1 is 1.55 bits per heavy atom. The van der Waals surface area contributed by atoms with Crippen LogP contribution in [0.15, 0.2) is 24.5 Å². The number of hydrogen-bond donors (Lipinski definition) is 1. The number of halogens is 1. The van der Waals surface area contributed by atoms with Crippen molar-refractivity contribution in [1.29, 1.82) is 5.26 Å². The van der Waals surface area contributed by atoms with Crippen LogP contribution in [0.1, 0.15) is 28.7 Å². The van der Waals surface area contributed by atoms with Crippen LogP contribution in [0.2, 0.25) is 0 Å². The lowest BCUT2D eigenvalue weighted by Gasteiger charge is -2.19. The Bertz CT molecular complexity index is 647. The summed E-state index contributed by atoms with van der Waals surface area (Å²) >= 11 is 0. The lowest BCUT2D eigenvalue weighted by molar-refractivity contribution is 0.0739. The van der Waals surface area contributed by atoms with Gasteiger partial charge in [-0.15, -0.1) is 0 Å². The van der Waals surface area contributed by atoms with E-state index in [0.717, 1.165) is 6.07 Å². The molecule has 1 aromatic heterocycles. The maximum absolute atomic E-state index is 13.8. The van der Waals surface area contributed by atoms with Crippen molar-refractivity contribution in [3.63, 3.8) is 0 Å². The Labute approximate surface area is 114 Å². The minimum atomic E-state index is -0.507. The van der Waals surface area contributed by atoms with Gasteiger partial charge in [0.2, 0.25) is 5.82 Å². The van der Waals surface area contributed by atoms with Gasteiger partial charge in [0.15, 0.2) is 0 Å². The average molecular weight is 273 g/mol. The fourth-order valence-corrected chi connectivity index (χ4v) is 1.74. The van der Waals surface area contributed by atoms with Crippen LogP contribution in [0.4, 0.5) is 4.39 Å². The van der Waals surface area contributed by atoms with E-state index in [4.69, 9.17) is 5.26 Å². The number of carbonyl (C=O) groups excluding carboxylic acids is 1. The molecule has 0 aliphatic rings. The van der Waals surface area contributed by atoms with Gasteiger partial charge in [-0.3, -0.25) is 9.89 Å². The van der Waals surface area contributed by atoms with Gasteiger partial charge in [0, 0.05) is 18.7 Å². The SMILES string of the molecule is CCN(Cc1ccc(C#N)cc1F)C(=O)c1ncn[nH]1. The molecule has 2 aromatic rings. The molecule has 1 aromatic carbocycles. The van der Waals surface area contributed by atoms with E-state index >= 15 is 0 Å². The first kappa shape index (κ1) is 13.7. The molecule has 0 aliphatic heterocycles. The van der Waals surface area contributed by atoms with Crippen molar-refractivity contribution in [1.82, 2.24) is 20.1 Å². The van der Waals surface area contributed by atoms with Gasteiger partial charge in [-0.25, -0.2) is 9.37 Å². The van der Waals surface area contributed by atoms with Crippen LogP contribution >= 0.6 is 0 Å². The maximum atomic E-state index is 13.8. The number of aromatic nitrogens is 3. The van der Waals surface area contributed by atoms with Crippen molar-refractivity contribution in [2.75, 3.05) is 6.54 Å². The standard InChI is InChI=1S/C13H12FN5O/c1-2-19(13(20)12-16-8-17-18-12)7-10-4-3-9(6-15)5-11(10)14/h3-5,8H,2,7H2,1H3,(H,16,17,18). The molecule has 1 amide bonds. The highest BCUT2D eigenvalue weighted by Gasteiger charge is 2.18. The van der Waals surface area contributed by atoms with Crippen molar-refractivity contribution in [3.05, 3.63) is 47.3 Å². The van der Waals surface area contributed by atoms with Crippen molar-refractivity contribution in [2.24, 2.45) is 0 Å².